The van der Waals surface area contributed by atoms with E-state index in [0.717, 1.165) is 5.82 Å². The summed E-state index contributed by atoms with van der Waals surface area (Å²) >= 11 is 5.94. The Labute approximate surface area is 119 Å². The average molecular weight is 276 g/mol. The van der Waals surface area contributed by atoms with Crippen molar-refractivity contribution < 1.29 is 0 Å². The Morgan fingerprint density at radius 1 is 1.16 bits per heavy atom. The molecule has 1 N–H and O–H groups in total. The van der Waals surface area contributed by atoms with Crippen molar-refractivity contribution in [1.82, 2.24) is 9.97 Å². The second kappa shape index (κ2) is 5.57. The number of hydrogen-bond acceptors (Lipinski definition) is 3. The molecule has 2 aromatic rings. The predicted molar refractivity (Wildman–Crippen MR) is 79.7 cm³/mol. The number of nitrogens with one attached hydrogen (secondary N) is 1. The van der Waals surface area contributed by atoms with Crippen molar-refractivity contribution in [2.24, 2.45) is 0 Å². The largest absolute Gasteiger partial charge is 0.363 e. The van der Waals surface area contributed by atoms with Crippen molar-refractivity contribution in [1.29, 1.82) is 0 Å². The fourth-order valence-electron chi connectivity index (χ4n) is 2.15. The van der Waals surface area contributed by atoms with Crippen molar-refractivity contribution in [3.8, 4) is 0 Å². The Morgan fingerprint density at radius 2 is 1.89 bits per heavy atom. The topological polar surface area (TPSA) is 37.8 Å². The van der Waals surface area contributed by atoms with Gasteiger partial charge in [-0.15, -0.1) is 0 Å². The van der Waals surface area contributed by atoms with E-state index < -0.39 is 0 Å². The van der Waals surface area contributed by atoms with E-state index in [-0.39, 0.29) is 6.04 Å². The standard InChI is InChI=1S/C15H18ClN3/c1-9-6-5-7-13(10(9)2)11(3)17-15-8-14(16)18-12(4)19-15/h5-8,11H,1-4H3,(H,17,18,19). The zero-order valence-electron chi connectivity index (χ0n) is 11.7. The lowest BCUT2D eigenvalue weighted by molar-refractivity contribution is 0.855. The first-order valence-electron chi connectivity index (χ1n) is 6.31. The maximum absolute atomic E-state index is 5.94. The molecule has 4 heteroatoms. The lowest BCUT2D eigenvalue weighted by atomic mass is 9.98. The van der Waals surface area contributed by atoms with Gasteiger partial charge in [0.15, 0.2) is 0 Å². The van der Waals surface area contributed by atoms with Gasteiger partial charge in [0.1, 0.15) is 16.8 Å². The highest BCUT2D eigenvalue weighted by molar-refractivity contribution is 6.29. The van der Waals surface area contributed by atoms with Crippen LogP contribution in [0.5, 0.6) is 0 Å². The van der Waals surface area contributed by atoms with Crippen LogP contribution in [-0.4, -0.2) is 9.97 Å². The third-order valence-corrected chi connectivity index (χ3v) is 3.48. The molecule has 1 aromatic heterocycles. The van der Waals surface area contributed by atoms with Crippen LogP contribution in [0.25, 0.3) is 0 Å². The highest BCUT2D eigenvalue weighted by Gasteiger charge is 2.10. The Balaban J connectivity index is 2.25. The summed E-state index contributed by atoms with van der Waals surface area (Å²) in [6.45, 7) is 8.21. The molecule has 0 radical (unpaired) electrons. The lowest BCUT2D eigenvalue weighted by Crippen LogP contribution is -2.10. The zero-order chi connectivity index (χ0) is 14.0. The summed E-state index contributed by atoms with van der Waals surface area (Å²) in [4.78, 5) is 8.41. The molecule has 1 unspecified atom stereocenters. The quantitative estimate of drug-likeness (QED) is 0.852. The molecule has 0 fully saturated rings. The Bertz CT molecular complexity index is 576. The van der Waals surface area contributed by atoms with Crippen molar-refractivity contribution in [3.63, 3.8) is 0 Å². The van der Waals surface area contributed by atoms with E-state index in [1.165, 1.54) is 16.7 Å². The first kappa shape index (κ1) is 13.8. The molecule has 1 aromatic carbocycles. The summed E-state index contributed by atoms with van der Waals surface area (Å²) in [5, 5.41) is 3.83. The van der Waals surface area contributed by atoms with E-state index >= 15 is 0 Å². The minimum Gasteiger partial charge on any atom is -0.363 e. The van der Waals surface area contributed by atoms with E-state index in [2.05, 4.69) is 54.3 Å². The van der Waals surface area contributed by atoms with E-state index in [1.54, 1.807) is 6.07 Å². The summed E-state index contributed by atoms with van der Waals surface area (Å²) in [5.74, 6) is 1.43. The lowest BCUT2D eigenvalue weighted by Gasteiger charge is -2.18. The van der Waals surface area contributed by atoms with Gasteiger partial charge in [-0.2, -0.15) is 0 Å². The molecule has 0 aliphatic carbocycles. The molecular formula is C15H18ClN3. The molecule has 3 nitrogen and oxygen atoms in total. The van der Waals surface area contributed by atoms with Crippen LogP contribution in [0, 0.1) is 20.8 Å². The molecule has 0 saturated heterocycles. The zero-order valence-corrected chi connectivity index (χ0v) is 12.4. The van der Waals surface area contributed by atoms with Crippen LogP contribution in [0.1, 0.15) is 35.5 Å². The molecule has 0 aliphatic heterocycles. The molecule has 0 amide bonds. The number of benzene rings is 1. The molecular weight excluding hydrogens is 258 g/mol. The maximum atomic E-state index is 5.94. The highest BCUT2D eigenvalue weighted by Crippen LogP contribution is 2.24. The van der Waals surface area contributed by atoms with Gasteiger partial charge in [-0.3, -0.25) is 0 Å². The average Bonchev–Trinajstić information content (AvgIpc) is 2.31. The monoisotopic (exact) mass is 275 g/mol. The summed E-state index contributed by atoms with van der Waals surface area (Å²) in [7, 11) is 0. The summed E-state index contributed by atoms with van der Waals surface area (Å²) < 4.78 is 0. The highest BCUT2D eigenvalue weighted by atomic mass is 35.5. The normalized spacial score (nSPS) is 12.3. The molecule has 0 aliphatic rings. The van der Waals surface area contributed by atoms with Crippen molar-refractivity contribution in [2.45, 2.75) is 33.7 Å². The SMILES string of the molecule is Cc1nc(Cl)cc(NC(C)c2cccc(C)c2C)n1. The second-order valence-corrected chi connectivity index (χ2v) is 5.17. The van der Waals surface area contributed by atoms with Crippen LogP contribution in [0.4, 0.5) is 5.82 Å². The number of nitrogens with zero attached hydrogens (tertiary/aromatic N) is 2. The van der Waals surface area contributed by atoms with E-state index in [0.29, 0.717) is 11.0 Å². The van der Waals surface area contributed by atoms with Gasteiger partial charge in [0, 0.05) is 6.07 Å². The molecule has 1 atom stereocenters. The van der Waals surface area contributed by atoms with E-state index in [1.807, 2.05) is 6.92 Å². The molecule has 19 heavy (non-hydrogen) atoms. The first-order chi connectivity index (χ1) is 8.97. The summed E-state index contributed by atoms with van der Waals surface area (Å²) in [6.07, 6.45) is 0. The van der Waals surface area contributed by atoms with E-state index in [4.69, 9.17) is 11.6 Å². The number of hydrogen-bond donors (Lipinski definition) is 1. The van der Waals surface area contributed by atoms with Crippen LogP contribution in [0.3, 0.4) is 0 Å². The molecule has 0 bridgehead atoms. The predicted octanol–water partition coefficient (Wildman–Crippen LogP) is 4.23. The van der Waals surface area contributed by atoms with Gasteiger partial charge >= 0.3 is 0 Å². The van der Waals surface area contributed by atoms with Crippen LogP contribution in [-0.2, 0) is 0 Å². The van der Waals surface area contributed by atoms with Gasteiger partial charge in [-0.25, -0.2) is 9.97 Å². The summed E-state index contributed by atoms with van der Waals surface area (Å²) in [5.41, 5.74) is 3.87. The minimum atomic E-state index is 0.172. The molecule has 0 spiro atoms. The molecule has 1 heterocycles. The second-order valence-electron chi connectivity index (χ2n) is 4.78. The van der Waals surface area contributed by atoms with Gasteiger partial charge in [0.25, 0.3) is 0 Å². The number of rotatable bonds is 3. The summed E-state index contributed by atoms with van der Waals surface area (Å²) in [6, 6.07) is 8.25. The van der Waals surface area contributed by atoms with Gasteiger partial charge < -0.3 is 5.32 Å². The van der Waals surface area contributed by atoms with E-state index in [9.17, 15) is 0 Å². The molecule has 2 rings (SSSR count). The number of halogens is 1. The Morgan fingerprint density at radius 3 is 2.58 bits per heavy atom. The van der Waals surface area contributed by atoms with Crippen LogP contribution in [0.15, 0.2) is 24.3 Å². The molecule has 100 valence electrons. The third-order valence-electron chi connectivity index (χ3n) is 3.28. The smallest absolute Gasteiger partial charge is 0.134 e. The van der Waals surface area contributed by atoms with Gasteiger partial charge in [0.05, 0.1) is 6.04 Å². The third kappa shape index (κ3) is 3.24. The maximum Gasteiger partial charge on any atom is 0.134 e. The number of anilines is 1. The Hall–Kier alpha value is -1.61. The van der Waals surface area contributed by atoms with Gasteiger partial charge in [0.2, 0.25) is 0 Å². The van der Waals surface area contributed by atoms with Crippen molar-refractivity contribution in [2.75, 3.05) is 5.32 Å². The van der Waals surface area contributed by atoms with Crippen LogP contribution < -0.4 is 5.32 Å². The minimum absolute atomic E-state index is 0.172. The number of aryl methyl sites for hydroxylation is 2. The van der Waals surface area contributed by atoms with Crippen molar-refractivity contribution in [3.05, 3.63) is 51.9 Å². The van der Waals surface area contributed by atoms with Gasteiger partial charge in [-0.05, 0) is 44.4 Å². The number of aromatic nitrogens is 2. The van der Waals surface area contributed by atoms with Gasteiger partial charge in [-0.1, -0.05) is 29.8 Å². The fraction of sp³-hybridized carbons (Fsp3) is 0.333. The van der Waals surface area contributed by atoms with Crippen molar-refractivity contribution >= 4 is 17.4 Å². The van der Waals surface area contributed by atoms with Crippen LogP contribution in [0.2, 0.25) is 5.15 Å². The fourth-order valence-corrected chi connectivity index (χ4v) is 2.37. The first-order valence-corrected chi connectivity index (χ1v) is 6.69. The Kier molecular flexibility index (Phi) is 4.05. The molecule has 0 saturated carbocycles. The van der Waals surface area contributed by atoms with Crippen LogP contribution >= 0.6 is 11.6 Å².